The molecule has 0 spiro atoms. The zero-order valence-corrected chi connectivity index (χ0v) is 13.6. The Bertz CT molecular complexity index is 791. The van der Waals surface area contributed by atoms with Gasteiger partial charge in [-0.2, -0.15) is 0 Å². The summed E-state index contributed by atoms with van der Waals surface area (Å²) in [4.78, 5) is 1.90. The van der Waals surface area contributed by atoms with Crippen molar-refractivity contribution in [3.63, 3.8) is 0 Å². The predicted molar refractivity (Wildman–Crippen MR) is 87.3 cm³/mol. The third-order valence-corrected chi connectivity index (χ3v) is 5.56. The van der Waals surface area contributed by atoms with Crippen LogP contribution in [0.4, 0.5) is 0 Å². The van der Waals surface area contributed by atoms with Gasteiger partial charge in [-0.3, -0.25) is 0 Å². The van der Waals surface area contributed by atoms with Crippen LogP contribution in [0.2, 0.25) is 0 Å². The fourth-order valence-corrected chi connectivity index (χ4v) is 4.43. The first-order valence-corrected chi connectivity index (χ1v) is 9.01. The molecule has 0 saturated heterocycles. The maximum Gasteiger partial charge on any atom is 0.183 e. The lowest BCUT2D eigenvalue weighted by Crippen LogP contribution is -2.14. The summed E-state index contributed by atoms with van der Waals surface area (Å²) in [5.41, 5.74) is 0. The van der Waals surface area contributed by atoms with Crippen molar-refractivity contribution in [2.45, 2.75) is 0 Å². The maximum atomic E-state index is 6.05. The lowest BCUT2D eigenvalue weighted by molar-refractivity contribution is 0.173. The molecule has 0 aliphatic carbocycles. The highest BCUT2D eigenvalue weighted by Gasteiger charge is 2.25. The van der Waals surface area contributed by atoms with E-state index in [0.717, 1.165) is 44.3 Å². The van der Waals surface area contributed by atoms with Crippen LogP contribution in [0.3, 0.4) is 0 Å². The fraction of sp³-hybridized carbons (Fsp3) is 0.250. The highest BCUT2D eigenvalue weighted by molar-refractivity contribution is 7.14. The molecule has 3 aromatic rings. The molecule has 2 aliphatic rings. The number of ether oxygens (including phenoxy) is 4. The molecule has 0 atom stereocenters. The summed E-state index contributed by atoms with van der Waals surface area (Å²) >= 11 is 3.12. The topological polar surface area (TPSA) is 50.1 Å². The fourth-order valence-electron chi connectivity index (χ4n) is 2.65. The summed E-state index contributed by atoms with van der Waals surface area (Å²) in [6.45, 7) is 2.30. The molecule has 23 heavy (non-hydrogen) atoms. The van der Waals surface area contributed by atoms with Gasteiger partial charge in [0.05, 0.1) is 0 Å². The van der Waals surface area contributed by atoms with Gasteiger partial charge in [0.1, 0.15) is 47.7 Å². The molecule has 118 valence electrons. The minimum atomic E-state index is 0.563. The molecule has 0 amide bonds. The van der Waals surface area contributed by atoms with Gasteiger partial charge < -0.3 is 23.4 Å². The van der Waals surface area contributed by atoms with Crippen LogP contribution in [0.25, 0.3) is 21.3 Å². The van der Waals surface area contributed by atoms with Crippen molar-refractivity contribution in [3.05, 3.63) is 22.9 Å². The zero-order valence-electron chi connectivity index (χ0n) is 12.0. The molecule has 0 fully saturated rings. The van der Waals surface area contributed by atoms with Gasteiger partial charge in [-0.15, -0.1) is 22.7 Å². The molecule has 5 rings (SSSR count). The Balaban J connectivity index is 1.54. The molecule has 0 radical (unpaired) electrons. The van der Waals surface area contributed by atoms with E-state index in [-0.39, 0.29) is 0 Å². The first kappa shape index (κ1) is 13.3. The lowest BCUT2D eigenvalue weighted by Gasteiger charge is -2.15. The number of thiophene rings is 2. The standard InChI is InChI=1S/C16H12O5S2/c1-2-10(16-14-12(8-23-16)18-4-6-20-14)21-9(1)15-13-11(7-22-15)17-3-5-19-13/h1-2,7-8H,3-6H2. The molecular formula is C16H12O5S2. The van der Waals surface area contributed by atoms with Crippen molar-refractivity contribution < 1.29 is 23.4 Å². The van der Waals surface area contributed by atoms with Gasteiger partial charge in [0.15, 0.2) is 23.0 Å². The van der Waals surface area contributed by atoms with Crippen molar-refractivity contribution in [1.82, 2.24) is 0 Å². The SMILES string of the molecule is c1cc(-c2scc3c2OCCO3)oc1-c1scc2c1OCCO2. The molecule has 5 heterocycles. The highest BCUT2D eigenvalue weighted by Crippen LogP contribution is 2.49. The zero-order chi connectivity index (χ0) is 15.2. The van der Waals surface area contributed by atoms with Gasteiger partial charge >= 0.3 is 0 Å². The third kappa shape index (κ3) is 2.11. The number of rotatable bonds is 2. The van der Waals surface area contributed by atoms with Gasteiger partial charge in [0.2, 0.25) is 0 Å². The lowest BCUT2D eigenvalue weighted by atomic mass is 10.3. The summed E-state index contributed by atoms with van der Waals surface area (Å²) in [6, 6.07) is 3.91. The van der Waals surface area contributed by atoms with Crippen molar-refractivity contribution in [2.24, 2.45) is 0 Å². The Morgan fingerprint density at radius 2 is 1.13 bits per heavy atom. The van der Waals surface area contributed by atoms with Gasteiger partial charge in [-0.05, 0) is 12.1 Å². The second kappa shape index (κ2) is 5.21. The van der Waals surface area contributed by atoms with Crippen LogP contribution < -0.4 is 18.9 Å². The van der Waals surface area contributed by atoms with E-state index in [1.807, 2.05) is 22.9 Å². The van der Waals surface area contributed by atoms with Crippen molar-refractivity contribution in [2.75, 3.05) is 26.4 Å². The van der Waals surface area contributed by atoms with Gasteiger partial charge in [-0.1, -0.05) is 0 Å². The maximum absolute atomic E-state index is 6.05. The average molecular weight is 348 g/mol. The first-order chi connectivity index (χ1) is 11.4. The minimum Gasteiger partial charge on any atom is -0.485 e. The number of hydrogen-bond donors (Lipinski definition) is 0. The second-order valence-corrected chi connectivity index (χ2v) is 6.83. The normalized spacial score (nSPS) is 15.7. The first-order valence-electron chi connectivity index (χ1n) is 7.25. The van der Waals surface area contributed by atoms with E-state index in [0.29, 0.717) is 26.4 Å². The van der Waals surface area contributed by atoms with E-state index >= 15 is 0 Å². The van der Waals surface area contributed by atoms with Crippen molar-refractivity contribution in [1.29, 1.82) is 0 Å². The molecule has 0 N–H and O–H groups in total. The van der Waals surface area contributed by atoms with Crippen LogP contribution >= 0.6 is 22.7 Å². The molecule has 0 bridgehead atoms. The molecule has 0 saturated carbocycles. The Labute approximate surface area is 140 Å². The molecule has 5 nitrogen and oxygen atoms in total. The van der Waals surface area contributed by atoms with E-state index in [2.05, 4.69) is 0 Å². The van der Waals surface area contributed by atoms with Crippen LogP contribution in [0, 0.1) is 0 Å². The van der Waals surface area contributed by atoms with Crippen LogP contribution in [0.15, 0.2) is 27.3 Å². The summed E-state index contributed by atoms with van der Waals surface area (Å²) in [5, 5.41) is 3.91. The van der Waals surface area contributed by atoms with Crippen molar-refractivity contribution >= 4 is 22.7 Å². The Kier molecular flexibility index (Phi) is 3.02. The summed E-state index contributed by atoms with van der Waals surface area (Å²) in [6.07, 6.45) is 0. The largest absolute Gasteiger partial charge is 0.485 e. The van der Waals surface area contributed by atoms with E-state index in [1.54, 1.807) is 22.7 Å². The smallest absolute Gasteiger partial charge is 0.183 e. The van der Waals surface area contributed by atoms with Crippen LogP contribution in [0.5, 0.6) is 23.0 Å². The molecule has 3 aromatic heterocycles. The molecule has 0 unspecified atom stereocenters. The van der Waals surface area contributed by atoms with E-state index < -0.39 is 0 Å². The van der Waals surface area contributed by atoms with E-state index in [1.165, 1.54) is 0 Å². The molecule has 0 aromatic carbocycles. The number of fused-ring (bicyclic) bond motifs is 2. The van der Waals surface area contributed by atoms with Crippen LogP contribution in [-0.4, -0.2) is 26.4 Å². The Hall–Kier alpha value is -2.12. The van der Waals surface area contributed by atoms with Gasteiger partial charge in [0.25, 0.3) is 0 Å². The monoisotopic (exact) mass is 348 g/mol. The number of furan rings is 1. The number of hydrogen-bond acceptors (Lipinski definition) is 7. The summed E-state index contributed by atoms with van der Waals surface area (Å²) < 4.78 is 28.7. The quantitative estimate of drug-likeness (QED) is 0.692. The molecular weight excluding hydrogens is 336 g/mol. The predicted octanol–water partition coefficient (Wildman–Crippen LogP) is 4.28. The van der Waals surface area contributed by atoms with Gasteiger partial charge in [0, 0.05) is 10.8 Å². The second-order valence-electron chi connectivity index (χ2n) is 5.07. The molecule has 7 heteroatoms. The average Bonchev–Trinajstić information content (AvgIpc) is 3.31. The van der Waals surface area contributed by atoms with E-state index in [9.17, 15) is 0 Å². The Morgan fingerprint density at radius 3 is 1.65 bits per heavy atom. The van der Waals surface area contributed by atoms with E-state index in [4.69, 9.17) is 23.4 Å². The minimum absolute atomic E-state index is 0.563. The van der Waals surface area contributed by atoms with Crippen molar-refractivity contribution in [3.8, 4) is 44.3 Å². The van der Waals surface area contributed by atoms with Crippen LogP contribution in [0.1, 0.15) is 0 Å². The van der Waals surface area contributed by atoms with Gasteiger partial charge in [-0.25, -0.2) is 0 Å². The summed E-state index contributed by atoms with van der Waals surface area (Å²) in [7, 11) is 0. The molecule has 2 aliphatic heterocycles. The summed E-state index contributed by atoms with van der Waals surface area (Å²) in [5.74, 6) is 4.68. The Morgan fingerprint density at radius 1 is 0.652 bits per heavy atom. The van der Waals surface area contributed by atoms with Crippen LogP contribution in [-0.2, 0) is 0 Å². The third-order valence-electron chi connectivity index (χ3n) is 3.66. The highest BCUT2D eigenvalue weighted by atomic mass is 32.1.